The van der Waals surface area contributed by atoms with Crippen LogP contribution < -0.4 is 0 Å². The van der Waals surface area contributed by atoms with Crippen LogP contribution in [0.15, 0.2) is 36.7 Å². The zero-order valence-electron chi connectivity index (χ0n) is 14.0. The van der Waals surface area contributed by atoms with Crippen LogP contribution in [0.25, 0.3) is 10.8 Å². The van der Waals surface area contributed by atoms with Crippen LogP contribution in [0.3, 0.4) is 0 Å². The van der Waals surface area contributed by atoms with Crippen molar-refractivity contribution in [3.05, 3.63) is 52.8 Å². The molecule has 0 fully saturated rings. The Morgan fingerprint density at radius 2 is 2.04 bits per heavy atom. The lowest BCUT2D eigenvalue weighted by Crippen LogP contribution is -2.37. The van der Waals surface area contributed by atoms with Gasteiger partial charge in [0.2, 0.25) is 0 Å². The lowest BCUT2D eigenvalue weighted by Gasteiger charge is -2.20. The summed E-state index contributed by atoms with van der Waals surface area (Å²) in [5.74, 6) is -0.917. The van der Waals surface area contributed by atoms with Gasteiger partial charge < -0.3 is 10.0 Å². The minimum absolute atomic E-state index is 0.310. The van der Waals surface area contributed by atoms with Crippen LogP contribution >= 0.6 is 11.3 Å². The summed E-state index contributed by atoms with van der Waals surface area (Å²) in [4.78, 5) is 34.2. The van der Waals surface area contributed by atoms with E-state index < -0.39 is 5.97 Å². The number of carboxylic acids is 1. The van der Waals surface area contributed by atoms with Gasteiger partial charge in [-0.05, 0) is 18.9 Å². The Kier molecular flexibility index (Phi) is 5.37. The minimum Gasteiger partial charge on any atom is -0.480 e. The summed E-state index contributed by atoms with van der Waals surface area (Å²) in [6.45, 7) is 1.67. The van der Waals surface area contributed by atoms with Crippen LogP contribution in [0.2, 0.25) is 0 Å². The average Bonchev–Trinajstić information content (AvgIpc) is 3.28. The first-order valence-corrected chi connectivity index (χ1v) is 8.74. The van der Waals surface area contributed by atoms with E-state index in [9.17, 15) is 14.7 Å². The molecule has 0 saturated heterocycles. The van der Waals surface area contributed by atoms with E-state index >= 15 is 0 Å². The number of aryl methyl sites for hydroxylation is 1. The molecule has 134 valence electrons. The molecule has 0 aliphatic heterocycles. The average molecular weight is 371 g/mol. The van der Waals surface area contributed by atoms with Gasteiger partial charge in [-0.25, -0.2) is 9.97 Å². The second-order valence-electron chi connectivity index (χ2n) is 5.62. The molecule has 1 amide bonds. The predicted octanol–water partition coefficient (Wildman–Crippen LogP) is 2.01. The van der Waals surface area contributed by atoms with Crippen molar-refractivity contribution in [2.45, 2.75) is 13.3 Å². The number of thiazole rings is 1. The largest absolute Gasteiger partial charge is 0.480 e. The van der Waals surface area contributed by atoms with E-state index in [0.29, 0.717) is 34.4 Å². The quantitative estimate of drug-likeness (QED) is 0.657. The van der Waals surface area contributed by atoms with E-state index in [4.69, 9.17) is 0 Å². The van der Waals surface area contributed by atoms with Crippen molar-refractivity contribution in [2.24, 2.45) is 0 Å². The van der Waals surface area contributed by atoms with Crippen molar-refractivity contribution in [2.75, 3.05) is 13.1 Å². The van der Waals surface area contributed by atoms with Crippen molar-refractivity contribution in [1.29, 1.82) is 0 Å². The van der Waals surface area contributed by atoms with Gasteiger partial charge in [-0.2, -0.15) is 5.10 Å². The zero-order valence-corrected chi connectivity index (χ0v) is 14.9. The fraction of sp³-hybridized carbons (Fsp3) is 0.235. The molecule has 0 radical (unpaired) electrons. The highest BCUT2D eigenvalue weighted by Gasteiger charge is 2.24. The summed E-state index contributed by atoms with van der Waals surface area (Å²) in [5, 5.41) is 16.2. The van der Waals surface area contributed by atoms with E-state index in [0.717, 1.165) is 5.56 Å². The highest BCUT2D eigenvalue weighted by Crippen LogP contribution is 2.26. The number of H-pyrrole nitrogens is 1. The molecular weight excluding hydrogens is 354 g/mol. The summed E-state index contributed by atoms with van der Waals surface area (Å²) in [6.07, 6.45) is 1.94. The monoisotopic (exact) mass is 371 g/mol. The second kappa shape index (κ2) is 7.87. The number of aromatic nitrogens is 4. The lowest BCUT2D eigenvalue weighted by atomic mass is 10.1. The lowest BCUT2D eigenvalue weighted by molar-refractivity contribution is -0.137. The second-order valence-corrected chi connectivity index (χ2v) is 6.62. The number of benzene rings is 1. The molecule has 9 heteroatoms. The molecule has 3 rings (SSSR count). The molecule has 0 spiro atoms. The highest BCUT2D eigenvalue weighted by molar-refractivity contribution is 7.17. The molecular formula is C17H17N5O3S. The van der Waals surface area contributed by atoms with E-state index in [-0.39, 0.29) is 12.5 Å². The first-order chi connectivity index (χ1) is 12.5. The van der Waals surface area contributed by atoms with Crippen LogP contribution in [0.4, 0.5) is 0 Å². The van der Waals surface area contributed by atoms with Crippen LogP contribution in [0, 0.1) is 6.92 Å². The SMILES string of the molecule is Cc1nc(-c2ncn[nH]2)sc1C(=O)N(CCc1ccccc1)CC(=O)O. The normalized spacial score (nSPS) is 10.7. The highest BCUT2D eigenvalue weighted by atomic mass is 32.1. The number of carboxylic acid groups (broad SMARTS) is 1. The number of hydrogen-bond acceptors (Lipinski definition) is 6. The smallest absolute Gasteiger partial charge is 0.323 e. The van der Waals surface area contributed by atoms with Gasteiger partial charge in [0, 0.05) is 6.54 Å². The molecule has 0 unspecified atom stereocenters. The molecule has 0 bridgehead atoms. The number of carbonyl (C=O) groups excluding carboxylic acids is 1. The molecule has 26 heavy (non-hydrogen) atoms. The van der Waals surface area contributed by atoms with Crippen LogP contribution in [-0.2, 0) is 11.2 Å². The first kappa shape index (κ1) is 17.7. The van der Waals surface area contributed by atoms with Gasteiger partial charge in [-0.3, -0.25) is 14.7 Å². The number of amides is 1. The molecule has 3 aromatic rings. The van der Waals surface area contributed by atoms with Gasteiger partial charge >= 0.3 is 5.97 Å². The Morgan fingerprint density at radius 1 is 1.27 bits per heavy atom. The fourth-order valence-corrected chi connectivity index (χ4v) is 3.45. The number of aromatic amines is 1. The maximum Gasteiger partial charge on any atom is 0.323 e. The zero-order chi connectivity index (χ0) is 18.5. The van der Waals surface area contributed by atoms with E-state index in [1.807, 2.05) is 30.3 Å². The molecule has 2 aromatic heterocycles. The number of aliphatic carboxylic acids is 1. The molecule has 2 heterocycles. The first-order valence-electron chi connectivity index (χ1n) is 7.92. The molecule has 0 aliphatic rings. The Morgan fingerprint density at radius 3 is 2.69 bits per heavy atom. The third kappa shape index (κ3) is 4.12. The Hall–Kier alpha value is -3.07. The molecule has 0 saturated carbocycles. The maximum atomic E-state index is 12.9. The third-order valence-corrected chi connectivity index (χ3v) is 4.89. The van der Waals surface area contributed by atoms with Gasteiger partial charge in [0.15, 0.2) is 10.8 Å². The summed E-state index contributed by atoms with van der Waals surface area (Å²) >= 11 is 1.17. The van der Waals surface area contributed by atoms with Crippen LogP contribution in [0.1, 0.15) is 20.9 Å². The van der Waals surface area contributed by atoms with E-state index in [1.54, 1.807) is 6.92 Å². The standard InChI is InChI=1S/C17H17N5O3S/c1-11-14(26-16(20-11)15-18-10-19-21-15)17(25)22(9-13(23)24)8-7-12-5-3-2-4-6-12/h2-6,10H,7-9H2,1H3,(H,23,24)(H,18,19,21). The van der Waals surface area contributed by atoms with Crippen molar-refractivity contribution in [1.82, 2.24) is 25.1 Å². The van der Waals surface area contributed by atoms with Gasteiger partial charge in [0.1, 0.15) is 17.7 Å². The number of rotatable bonds is 7. The van der Waals surface area contributed by atoms with Gasteiger partial charge in [0.25, 0.3) is 5.91 Å². The molecule has 1 aromatic carbocycles. The minimum atomic E-state index is -1.05. The molecule has 0 aliphatic carbocycles. The molecule has 0 atom stereocenters. The third-order valence-electron chi connectivity index (χ3n) is 3.73. The summed E-state index contributed by atoms with van der Waals surface area (Å²) < 4.78 is 0. The van der Waals surface area contributed by atoms with Gasteiger partial charge in [0.05, 0.1) is 5.69 Å². The molecule has 8 nitrogen and oxygen atoms in total. The predicted molar refractivity (Wildman–Crippen MR) is 95.9 cm³/mol. The topological polar surface area (TPSA) is 112 Å². The maximum absolute atomic E-state index is 12.9. The number of nitrogens with one attached hydrogen (secondary N) is 1. The van der Waals surface area contributed by atoms with Crippen molar-refractivity contribution in [3.8, 4) is 10.8 Å². The Balaban J connectivity index is 1.80. The number of hydrogen-bond donors (Lipinski definition) is 2. The van der Waals surface area contributed by atoms with E-state index in [2.05, 4.69) is 20.2 Å². The van der Waals surface area contributed by atoms with Gasteiger partial charge in [-0.1, -0.05) is 30.3 Å². The number of nitrogens with zero attached hydrogens (tertiary/aromatic N) is 4. The van der Waals surface area contributed by atoms with E-state index in [1.165, 1.54) is 22.6 Å². The summed E-state index contributed by atoms with van der Waals surface area (Å²) in [7, 11) is 0. The van der Waals surface area contributed by atoms with Crippen molar-refractivity contribution >= 4 is 23.2 Å². The van der Waals surface area contributed by atoms with Crippen molar-refractivity contribution < 1.29 is 14.7 Å². The summed E-state index contributed by atoms with van der Waals surface area (Å²) in [6, 6.07) is 9.63. The van der Waals surface area contributed by atoms with Crippen LogP contribution in [-0.4, -0.2) is 55.1 Å². The van der Waals surface area contributed by atoms with Gasteiger partial charge in [-0.15, -0.1) is 11.3 Å². The summed E-state index contributed by atoms with van der Waals surface area (Å²) in [5.41, 5.74) is 1.58. The van der Waals surface area contributed by atoms with Crippen molar-refractivity contribution in [3.63, 3.8) is 0 Å². The fourth-order valence-electron chi connectivity index (χ4n) is 2.47. The Bertz CT molecular complexity index is 893. The number of carbonyl (C=O) groups is 2. The van der Waals surface area contributed by atoms with Crippen LogP contribution in [0.5, 0.6) is 0 Å². The Labute approximate surface area is 153 Å². The molecule has 2 N–H and O–H groups in total.